The summed E-state index contributed by atoms with van der Waals surface area (Å²) >= 11 is 1.05. The van der Waals surface area contributed by atoms with Crippen molar-refractivity contribution >= 4 is 17.7 Å². The maximum absolute atomic E-state index is 10.7. The molecule has 22 heavy (non-hydrogen) atoms. The Kier molecular flexibility index (Phi) is 4.19. The quantitative estimate of drug-likeness (QED) is 0.621. The summed E-state index contributed by atoms with van der Waals surface area (Å²) in [7, 11) is 0. The molecule has 3 heterocycles. The zero-order valence-electron chi connectivity index (χ0n) is 11.4. The van der Waals surface area contributed by atoms with Crippen LogP contribution in [0.5, 0.6) is 0 Å². The van der Waals surface area contributed by atoms with Gasteiger partial charge in [0.25, 0.3) is 0 Å². The minimum atomic E-state index is -1.16. The van der Waals surface area contributed by atoms with Crippen LogP contribution in [0.2, 0.25) is 0 Å². The van der Waals surface area contributed by atoms with Crippen LogP contribution in [-0.2, 0) is 11.3 Å². The summed E-state index contributed by atoms with van der Waals surface area (Å²) in [5.41, 5.74) is 0.654. The van der Waals surface area contributed by atoms with Crippen LogP contribution in [0.4, 0.5) is 0 Å². The summed E-state index contributed by atoms with van der Waals surface area (Å²) in [6, 6.07) is 9.09. The Balaban J connectivity index is 1.97. The van der Waals surface area contributed by atoms with E-state index in [1.165, 1.54) is 0 Å². The van der Waals surface area contributed by atoms with Gasteiger partial charge in [0.1, 0.15) is 11.5 Å². The van der Waals surface area contributed by atoms with Gasteiger partial charge in [0.15, 0.2) is 11.0 Å². The van der Waals surface area contributed by atoms with Crippen molar-refractivity contribution in [2.75, 3.05) is 5.75 Å². The Bertz CT molecular complexity index is 756. The molecule has 0 spiro atoms. The van der Waals surface area contributed by atoms with E-state index in [0.717, 1.165) is 11.8 Å². The Labute approximate surface area is 130 Å². The topological polar surface area (TPSA) is 96.9 Å². The first-order valence-electron chi connectivity index (χ1n) is 6.43. The maximum Gasteiger partial charge on any atom is 0.192 e. The van der Waals surface area contributed by atoms with Gasteiger partial charge in [-0.3, -0.25) is 9.55 Å². The molecule has 0 amide bonds. The highest BCUT2D eigenvalue weighted by molar-refractivity contribution is 7.99. The normalized spacial score (nSPS) is 10.7. The Morgan fingerprint density at radius 3 is 2.86 bits per heavy atom. The fourth-order valence-corrected chi connectivity index (χ4v) is 2.56. The summed E-state index contributed by atoms with van der Waals surface area (Å²) in [5.74, 6) is -0.0829. The fraction of sp³-hybridized carbons (Fsp3) is 0.143. The van der Waals surface area contributed by atoms with Crippen molar-refractivity contribution in [1.29, 1.82) is 0 Å². The molecule has 0 bridgehead atoms. The molecule has 3 aromatic rings. The Morgan fingerprint density at radius 1 is 1.27 bits per heavy atom. The minimum absolute atomic E-state index is 0.196. The van der Waals surface area contributed by atoms with E-state index in [4.69, 9.17) is 4.42 Å². The Morgan fingerprint density at radius 2 is 2.18 bits per heavy atom. The lowest BCUT2D eigenvalue weighted by Gasteiger charge is -2.08. The average molecular weight is 315 g/mol. The average Bonchev–Trinajstić information content (AvgIpc) is 3.16. The van der Waals surface area contributed by atoms with Crippen LogP contribution >= 0.6 is 11.8 Å². The van der Waals surface area contributed by atoms with Gasteiger partial charge in [-0.25, -0.2) is 0 Å². The number of carbonyl (C=O) groups is 1. The van der Waals surface area contributed by atoms with Crippen molar-refractivity contribution < 1.29 is 14.3 Å². The number of carboxylic acids is 1. The maximum atomic E-state index is 10.7. The van der Waals surface area contributed by atoms with Crippen LogP contribution in [0.15, 0.2) is 52.4 Å². The lowest BCUT2D eigenvalue weighted by Crippen LogP contribution is -2.24. The first-order valence-corrected chi connectivity index (χ1v) is 7.42. The largest absolute Gasteiger partial charge is 0.549 e. The first-order chi connectivity index (χ1) is 10.7. The van der Waals surface area contributed by atoms with Crippen LogP contribution in [0.3, 0.4) is 0 Å². The number of hydrogen-bond acceptors (Lipinski definition) is 7. The van der Waals surface area contributed by atoms with Gasteiger partial charge in [-0.1, -0.05) is 17.8 Å². The van der Waals surface area contributed by atoms with Gasteiger partial charge in [-0.2, -0.15) is 0 Å². The lowest BCUT2D eigenvalue weighted by atomic mass is 10.3. The highest BCUT2D eigenvalue weighted by atomic mass is 32.2. The molecular weight excluding hydrogens is 304 g/mol. The van der Waals surface area contributed by atoms with Crippen LogP contribution < -0.4 is 5.11 Å². The molecule has 7 nitrogen and oxygen atoms in total. The van der Waals surface area contributed by atoms with Crippen molar-refractivity contribution in [1.82, 2.24) is 19.7 Å². The molecule has 8 heteroatoms. The smallest absolute Gasteiger partial charge is 0.192 e. The summed E-state index contributed by atoms with van der Waals surface area (Å²) < 4.78 is 7.12. The zero-order valence-corrected chi connectivity index (χ0v) is 12.2. The second kappa shape index (κ2) is 6.44. The van der Waals surface area contributed by atoms with Crippen molar-refractivity contribution in [2.24, 2.45) is 0 Å². The molecule has 0 aromatic carbocycles. The highest BCUT2D eigenvalue weighted by Crippen LogP contribution is 2.23. The second-order valence-electron chi connectivity index (χ2n) is 4.35. The van der Waals surface area contributed by atoms with Crippen molar-refractivity contribution in [3.8, 4) is 11.5 Å². The second-order valence-corrected chi connectivity index (χ2v) is 5.29. The molecule has 3 rings (SSSR count). The standard InChI is InChI=1S/C14H12N4O3S/c19-12(20)9-22-14-17-16-13(11-5-1-2-6-15-11)18(14)8-10-4-3-7-21-10/h1-7H,8-9H2,(H,19,20)/p-1. The zero-order chi connectivity index (χ0) is 15.4. The number of nitrogens with zero attached hydrogens (tertiary/aromatic N) is 4. The molecular formula is C14H11N4O3S-. The number of aliphatic carboxylic acids is 1. The number of pyridine rings is 1. The molecule has 0 aliphatic rings. The SMILES string of the molecule is O=C([O-])CSc1nnc(-c2ccccn2)n1Cc1ccco1. The van der Waals surface area contributed by atoms with Crippen molar-refractivity contribution in [2.45, 2.75) is 11.7 Å². The number of hydrogen-bond donors (Lipinski definition) is 0. The molecule has 0 fully saturated rings. The molecule has 0 radical (unpaired) electrons. The van der Waals surface area contributed by atoms with Gasteiger partial charge >= 0.3 is 0 Å². The molecule has 112 valence electrons. The minimum Gasteiger partial charge on any atom is -0.549 e. The van der Waals surface area contributed by atoms with E-state index < -0.39 is 5.97 Å². The number of aromatic nitrogens is 4. The molecule has 0 saturated carbocycles. The molecule has 0 atom stereocenters. The van der Waals surface area contributed by atoms with E-state index >= 15 is 0 Å². The number of thioether (sulfide) groups is 1. The number of carbonyl (C=O) groups excluding carboxylic acids is 1. The summed E-state index contributed by atoms with van der Waals surface area (Å²) in [5, 5.41) is 19.3. The molecule has 0 unspecified atom stereocenters. The molecule has 0 aliphatic heterocycles. The number of carboxylic acid groups (broad SMARTS) is 1. The predicted octanol–water partition coefficient (Wildman–Crippen LogP) is 0.823. The van der Waals surface area contributed by atoms with Crippen molar-refractivity contribution in [3.05, 3.63) is 48.6 Å². The molecule has 0 aliphatic carbocycles. The van der Waals surface area contributed by atoms with E-state index in [2.05, 4.69) is 15.2 Å². The molecule has 0 N–H and O–H groups in total. The van der Waals surface area contributed by atoms with Crippen LogP contribution in [0, 0.1) is 0 Å². The third-order valence-electron chi connectivity index (χ3n) is 2.82. The van der Waals surface area contributed by atoms with E-state index in [1.54, 1.807) is 23.1 Å². The van der Waals surface area contributed by atoms with E-state index in [9.17, 15) is 9.90 Å². The Hall–Kier alpha value is -2.61. The van der Waals surface area contributed by atoms with Gasteiger partial charge in [0, 0.05) is 11.9 Å². The fourth-order valence-electron chi connectivity index (χ4n) is 1.90. The lowest BCUT2D eigenvalue weighted by molar-refractivity contribution is -0.301. The summed E-state index contributed by atoms with van der Waals surface area (Å²) in [4.78, 5) is 14.9. The predicted molar refractivity (Wildman–Crippen MR) is 76.8 cm³/mol. The van der Waals surface area contributed by atoms with E-state index in [0.29, 0.717) is 29.0 Å². The van der Waals surface area contributed by atoms with Crippen LogP contribution in [0.1, 0.15) is 5.76 Å². The first kappa shape index (κ1) is 14.3. The van der Waals surface area contributed by atoms with E-state index in [-0.39, 0.29) is 5.75 Å². The number of furan rings is 1. The van der Waals surface area contributed by atoms with Crippen molar-refractivity contribution in [3.63, 3.8) is 0 Å². The highest BCUT2D eigenvalue weighted by Gasteiger charge is 2.16. The number of rotatable bonds is 6. The van der Waals surface area contributed by atoms with Crippen LogP contribution in [0.25, 0.3) is 11.5 Å². The third kappa shape index (κ3) is 3.17. The van der Waals surface area contributed by atoms with Gasteiger partial charge in [0.2, 0.25) is 0 Å². The monoisotopic (exact) mass is 315 g/mol. The van der Waals surface area contributed by atoms with Gasteiger partial charge in [-0.05, 0) is 24.3 Å². The van der Waals surface area contributed by atoms with Gasteiger partial charge in [-0.15, -0.1) is 10.2 Å². The van der Waals surface area contributed by atoms with E-state index in [1.807, 2.05) is 24.3 Å². The summed E-state index contributed by atoms with van der Waals surface area (Å²) in [6.07, 6.45) is 3.24. The molecule has 3 aromatic heterocycles. The molecule has 0 saturated heterocycles. The van der Waals surface area contributed by atoms with Gasteiger partial charge < -0.3 is 14.3 Å². The van der Waals surface area contributed by atoms with Gasteiger partial charge in [0.05, 0.1) is 18.8 Å². The van der Waals surface area contributed by atoms with Crippen LogP contribution in [-0.4, -0.2) is 31.5 Å². The summed E-state index contributed by atoms with van der Waals surface area (Å²) in [6.45, 7) is 0.390. The third-order valence-corrected chi connectivity index (χ3v) is 3.76.